The fraction of sp³-hybridized carbons (Fsp3) is 0.342. The quantitative estimate of drug-likeness (QED) is 0.203. The number of hydrogen-bond donors (Lipinski definition) is 2. The van der Waals surface area contributed by atoms with E-state index >= 15 is 0 Å². The van der Waals surface area contributed by atoms with Crippen LogP contribution in [0.5, 0.6) is 5.75 Å². The van der Waals surface area contributed by atoms with Crippen molar-refractivity contribution in [2.45, 2.75) is 30.5 Å². The molecular weight excluding hydrogens is 703 g/mol. The van der Waals surface area contributed by atoms with Crippen LogP contribution in [0.4, 0.5) is 17.1 Å². The summed E-state index contributed by atoms with van der Waals surface area (Å²) in [5.41, 5.74) is 4.87. The second kappa shape index (κ2) is 16.0. The van der Waals surface area contributed by atoms with Crippen molar-refractivity contribution >= 4 is 43.0 Å². The Labute approximate surface area is 306 Å². The lowest BCUT2D eigenvalue weighted by Crippen LogP contribution is -2.49. The SMILES string of the molecule is COc1ccc(S(=O)(=O)Nc2ccc(N3CCOCC3)cc2)cc1-c1ccc(C(=O)Nc2ccc(CN3CCN(S(=O)(=O)C(C)C)CC3)cc2)cc1. The highest BCUT2D eigenvalue weighted by atomic mass is 32.2. The summed E-state index contributed by atoms with van der Waals surface area (Å²) in [5.74, 6) is 0.211. The summed E-state index contributed by atoms with van der Waals surface area (Å²) in [4.78, 5) is 17.6. The van der Waals surface area contributed by atoms with Crippen LogP contribution >= 0.6 is 0 Å². The second-order valence-corrected chi connectivity index (χ2v) is 17.3. The summed E-state index contributed by atoms with van der Waals surface area (Å²) < 4.78 is 67.0. The standard InChI is InChI=1S/C38H45N5O7S2/c1-28(2)52(47,48)43-20-18-41(19-21-43)27-29-4-10-32(11-5-29)39-38(44)31-8-6-30(7-9-31)36-26-35(16-17-37(36)49-3)51(45,46)40-33-12-14-34(15-13-33)42-22-24-50-25-23-42/h4-17,26,28,40H,18-25,27H2,1-3H3,(H,39,44). The average Bonchev–Trinajstić information content (AvgIpc) is 3.16. The number of carbonyl (C=O) groups excluding carboxylic acids is 1. The number of nitrogens with zero attached hydrogens (tertiary/aromatic N) is 3. The monoisotopic (exact) mass is 747 g/mol. The number of morpholine rings is 1. The van der Waals surface area contributed by atoms with Gasteiger partial charge in [0.2, 0.25) is 10.0 Å². The van der Waals surface area contributed by atoms with E-state index in [1.807, 2.05) is 36.4 Å². The van der Waals surface area contributed by atoms with E-state index in [-0.39, 0.29) is 10.8 Å². The summed E-state index contributed by atoms with van der Waals surface area (Å²) >= 11 is 0. The van der Waals surface area contributed by atoms with E-state index in [4.69, 9.17) is 9.47 Å². The van der Waals surface area contributed by atoms with E-state index in [9.17, 15) is 21.6 Å². The molecule has 12 nitrogen and oxygen atoms in total. The first kappa shape index (κ1) is 37.3. The van der Waals surface area contributed by atoms with Gasteiger partial charge < -0.3 is 19.7 Å². The number of ether oxygens (including phenoxy) is 2. The van der Waals surface area contributed by atoms with Gasteiger partial charge in [0.25, 0.3) is 15.9 Å². The van der Waals surface area contributed by atoms with Crippen LogP contribution < -0.4 is 19.7 Å². The summed E-state index contributed by atoms with van der Waals surface area (Å²) in [7, 11) is -5.64. The minimum atomic E-state index is -3.91. The van der Waals surface area contributed by atoms with E-state index in [0.717, 1.165) is 24.3 Å². The van der Waals surface area contributed by atoms with Gasteiger partial charge in [-0.2, -0.15) is 4.31 Å². The molecular formula is C38H45N5O7S2. The number of nitrogens with one attached hydrogen (secondary N) is 2. The zero-order chi connectivity index (χ0) is 36.9. The number of amides is 1. The molecule has 0 bridgehead atoms. The van der Waals surface area contributed by atoms with Gasteiger partial charge in [0.1, 0.15) is 5.75 Å². The van der Waals surface area contributed by atoms with Crippen LogP contribution in [0.2, 0.25) is 0 Å². The van der Waals surface area contributed by atoms with E-state index in [0.29, 0.717) is 79.8 Å². The molecule has 276 valence electrons. The lowest BCUT2D eigenvalue weighted by molar-refractivity contribution is 0.102. The lowest BCUT2D eigenvalue weighted by atomic mass is 10.0. The van der Waals surface area contributed by atoms with Gasteiger partial charge in [-0.25, -0.2) is 16.8 Å². The molecule has 0 saturated carbocycles. The molecule has 4 aromatic rings. The number of carbonyl (C=O) groups is 1. The van der Waals surface area contributed by atoms with Gasteiger partial charge in [-0.3, -0.25) is 14.4 Å². The number of piperazine rings is 1. The third-order valence-corrected chi connectivity index (χ3v) is 13.0. The Bertz CT molecular complexity index is 2060. The van der Waals surface area contributed by atoms with Crippen molar-refractivity contribution < 1.29 is 31.1 Å². The highest BCUT2D eigenvalue weighted by Crippen LogP contribution is 2.33. The molecule has 0 spiro atoms. The van der Waals surface area contributed by atoms with Crippen molar-refractivity contribution in [2.75, 3.05) is 74.5 Å². The Morgan fingerprint density at radius 2 is 1.42 bits per heavy atom. The highest BCUT2D eigenvalue weighted by molar-refractivity contribution is 7.92. The smallest absolute Gasteiger partial charge is 0.261 e. The largest absolute Gasteiger partial charge is 0.496 e. The fourth-order valence-electron chi connectivity index (χ4n) is 6.25. The molecule has 0 unspecified atom stereocenters. The molecule has 6 rings (SSSR count). The molecule has 2 aliphatic rings. The molecule has 1 amide bonds. The summed E-state index contributed by atoms with van der Waals surface area (Å²) in [6, 6.07) is 26.5. The molecule has 0 atom stereocenters. The number of methoxy groups -OCH3 is 1. The summed E-state index contributed by atoms with van der Waals surface area (Å²) in [6.07, 6.45) is 0. The molecule has 2 fully saturated rings. The molecule has 0 aliphatic carbocycles. The van der Waals surface area contributed by atoms with Crippen LogP contribution in [-0.4, -0.2) is 96.8 Å². The van der Waals surface area contributed by atoms with Crippen molar-refractivity contribution in [3.63, 3.8) is 0 Å². The number of rotatable bonds is 12. The first-order valence-corrected chi connectivity index (χ1v) is 20.3. The fourth-order valence-corrected chi connectivity index (χ4v) is 8.61. The van der Waals surface area contributed by atoms with Crippen LogP contribution in [0, 0.1) is 0 Å². The van der Waals surface area contributed by atoms with Crippen LogP contribution in [0.15, 0.2) is 95.9 Å². The van der Waals surface area contributed by atoms with Gasteiger partial charge in [-0.05, 0) is 91.7 Å². The van der Waals surface area contributed by atoms with Gasteiger partial charge >= 0.3 is 0 Å². The Hall–Kier alpha value is -4.47. The first-order valence-electron chi connectivity index (χ1n) is 17.3. The van der Waals surface area contributed by atoms with Crippen LogP contribution in [0.1, 0.15) is 29.8 Å². The van der Waals surface area contributed by atoms with Crippen molar-refractivity contribution in [2.24, 2.45) is 0 Å². The Kier molecular flexibility index (Phi) is 11.5. The second-order valence-electron chi connectivity index (χ2n) is 13.1. The number of sulfonamides is 2. The van der Waals surface area contributed by atoms with E-state index in [2.05, 4.69) is 19.8 Å². The van der Waals surface area contributed by atoms with E-state index < -0.39 is 25.3 Å². The normalized spacial score (nSPS) is 16.1. The summed E-state index contributed by atoms with van der Waals surface area (Å²) in [6.45, 7) is 9.29. The maximum absolute atomic E-state index is 13.4. The summed E-state index contributed by atoms with van der Waals surface area (Å²) in [5, 5.41) is 2.51. The molecule has 14 heteroatoms. The van der Waals surface area contributed by atoms with Crippen LogP contribution in [0.25, 0.3) is 11.1 Å². The molecule has 2 heterocycles. The average molecular weight is 748 g/mol. The Morgan fingerprint density at radius 3 is 2.04 bits per heavy atom. The number of hydrogen-bond acceptors (Lipinski definition) is 9. The van der Waals surface area contributed by atoms with Gasteiger partial charge in [0.15, 0.2) is 0 Å². The minimum Gasteiger partial charge on any atom is -0.496 e. The molecule has 0 radical (unpaired) electrons. The van der Waals surface area contributed by atoms with Crippen LogP contribution in [0.3, 0.4) is 0 Å². The van der Waals surface area contributed by atoms with Gasteiger partial charge in [0.05, 0.1) is 30.5 Å². The zero-order valence-corrected chi connectivity index (χ0v) is 31.3. The third-order valence-electron chi connectivity index (χ3n) is 9.34. The molecule has 2 aliphatic heterocycles. The third kappa shape index (κ3) is 8.76. The van der Waals surface area contributed by atoms with Crippen LogP contribution in [-0.2, 0) is 31.3 Å². The number of benzene rings is 4. The molecule has 2 N–H and O–H groups in total. The van der Waals surface area contributed by atoms with Crippen molar-refractivity contribution in [3.8, 4) is 16.9 Å². The Morgan fingerprint density at radius 1 is 0.788 bits per heavy atom. The molecule has 52 heavy (non-hydrogen) atoms. The molecule has 2 saturated heterocycles. The lowest BCUT2D eigenvalue weighted by Gasteiger charge is -2.34. The maximum atomic E-state index is 13.4. The van der Waals surface area contributed by atoms with Gasteiger partial charge in [-0.1, -0.05) is 24.3 Å². The predicted octanol–water partition coefficient (Wildman–Crippen LogP) is 5.11. The van der Waals surface area contributed by atoms with Crippen molar-refractivity contribution in [1.82, 2.24) is 9.21 Å². The Balaban J connectivity index is 1.07. The van der Waals surface area contributed by atoms with E-state index in [1.165, 1.54) is 13.2 Å². The first-order chi connectivity index (χ1) is 24.9. The van der Waals surface area contributed by atoms with Gasteiger partial charge in [-0.15, -0.1) is 0 Å². The van der Waals surface area contributed by atoms with Crippen molar-refractivity contribution in [3.05, 3.63) is 102 Å². The molecule has 0 aromatic heterocycles. The predicted molar refractivity (Wildman–Crippen MR) is 204 cm³/mol. The van der Waals surface area contributed by atoms with Gasteiger partial charge in [0, 0.05) is 74.0 Å². The topological polar surface area (TPSA) is 138 Å². The minimum absolute atomic E-state index is 0.0761. The van der Waals surface area contributed by atoms with E-state index in [1.54, 1.807) is 66.7 Å². The maximum Gasteiger partial charge on any atom is 0.261 e. The number of anilines is 3. The highest BCUT2D eigenvalue weighted by Gasteiger charge is 2.29. The van der Waals surface area contributed by atoms with Crippen molar-refractivity contribution in [1.29, 1.82) is 0 Å². The zero-order valence-electron chi connectivity index (χ0n) is 29.6. The molecule has 4 aromatic carbocycles.